The van der Waals surface area contributed by atoms with Gasteiger partial charge in [0.15, 0.2) is 34.6 Å². The number of halogens is 2. The van der Waals surface area contributed by atoms with Gasteiger partial charge in [0.05, 0.1) is 46.9 Å². The number of hydrogen-bond acceptors (Lipinski definition) is 18. The molecule has 3 aromatic heterocycles. The summed E-state index contributed by atoms with van der Waals surface area (Å²) in [5.74, 6) is -0.995. The van der Waals surface area contributed by atoms with Crippen LogP contribution in [0.4, 0.5) is 37.5 Å². The number of aromatic amines is 1. The van der Waals surface area contributed by atoms with Crippen molar-refractivity contribution in [3.63, 3.8) is 0 Å². The molecule has 1 saturated carbocycles. The lowest BCUT2D eigenvalue weighted by atomic mass is 9.59. The highest BCUT2D eigenvalue weighted by Crippen LogP contribution is 2.54. The number of ether oxygens (including phenoxy) is 5. The fourth-order valence-electron chi connectivity index (χ4n) is 13.4. The molecular formula is C58H65F2N11O10S. The minimum Gasteiger partial charge on any atom is -0.491 e. The summed E-state index contributed by atoms with van der Waals surface area (Å²) in [5.41, 5.74) is 2.25. The number of H-pyrrole nitrogens is 1. The standard InChI is InChI=1S/C58H65F2N11O10S/c1-34(2)80-48-6-4-3-5-40(48)47-31-67(30-35-7-8-41(59)42(60)23-35)18-19-69(47)38-27-58(28-38)13-16-68(17-14-58)51-29-62-53(55(64-51)70-44-12-22-78-33-50(44)81-57-46(70)24-37-9-15-61-54(37)65-57)56(72)66-82(75,76)39-25-45(71(73)74)52-49(26-39)79-32-43(63-52)36-10-20-77-21-11-36/h3-9,15,23-26,29,34,36,38,43-44,47,50,63H,10-14,16-22,27-28,30-33H2,1-2H3,(H,61,65)(H,66,72)/t43-,44-,47-,50-/m0/s1. The van der Waals surface area contributed by atoms with Crippen LogP contribution in [0.3, 0.4) is 0 Å². The van der Waals surface area contributed by atoms with E-state index in [0.717, 1.165) is 79.9 Å². The molecule has 7 aliphatic rings. The Morgan fingerprint density at radius 2 is 1.76 bits per heavy atom. The van der Waals surface area contributed by atoms with Gasteiger partial charge in [-0.15, -0.1) is 0 Å². The Morgan fingerprint density at radius 3 is 2.55 bits per heavy atom. The van der Waals surface area contributed by atoms with Gasteiger partial charge in [0, 0.05) is 94.4 Å². The number of amides is 1. The molecule has 3 aromatic carbocycles. The van der Waals surface area contributed by atoms with Crippen LogP contribution >= 0.6 is 0 Å². The summed E-state index contributed by atoms with van der Waals surface area (Å²) >= 11 is 0. The summed E-state index contributed by atoms with van der Waals surface area (Å²) in [4.78, 5) is 53.1. The molecule has 6 aromatic rings. The molecule has 432 valence electrons. The number of fused-ring (bicyclic) bond motifs is 4. The molecule has 3 N–H and O–H groups in total. The van der Waals surface area contributed by atoms with E-state index in [2.05, 4.69) is 35.8 Å². The Bertz CT molecular complexity index is 3530. The van der Waals surface area contributed by atoms with Crippen molar-refractivity contribution in [1.82, 2.24) is 34.5 Å². The maximum atomic E-state index is 14.8. The highest BCUT2D eigenvalue weighted by Gasteiger charge is 2.51. The first-order valence-corrected chi connectivity index (χ1v) is 29.8. The average Bonchev–Trinajstić information content (AvgIpc) is 3.06. The van der Waals surface area contributed by atoms with Crippen LogP contribution in [0.2, 0.25) is 0 Å². The summed E-state index contributed by atoms with van der Waals surface area (Å²) in [6.07, 6.45) is 8.37. The average molecular weight is 1150 g/mol. The molecule has 13 rings (SSSR count). The normalized spacial score (nSPS) is 23.2. The van der Waals surface area contributed by atoms with Crippen LogP contribution < -0.4 is 34.0 Å². The number of piperazine rings is 1. The van der Waals surface area contributed by atoms with Crippen molar-refractivity contribution in [2.75, 3.05) is 80.9 Å². The molecule has 9 heterocycles. The number of nitrogens with zero attached hydrogens (tertiary/aromatic N) is 8. The van der Waals surface area contributed by atoms with Crippen molar-refractivity contribution in [2.24, 2.45) is 11.3 Å². The first-order valence-electron chi connectivity index (χ1n) is 28.3. The van der Waals surface area contributed by atoms with Gasteiger partial charge in [-0.05, 0) is 106 Å². The summed E-state index contributed by atoms with van der Waals surface area (Å²) in [6, 6.07) is 17.8. The fraction of sp³-hybridized carbons (Fsp3) is 0.483. The van der Waals surface area contributed by atoms with E-state index in [-0.39, 0.29) is 71.6 Å². The zero-order valence-electron chi connectivity index (χ0n) is 45.6. The molecule has 4 saturated heterocycles. The zero-order valence-corrected chi connectivity index (χ0v) is 46.4. The van der Waals surface area contributed by atoms with E-state index in [1.165, 1.54) is 24.4 Å². The Balaban J connectivity index is 0.773. The SMILES string of the molecule is CC(C)Oc1ccccc1[C@@H]1CN(Cc2ccc(F)c(F)c2)CCN1C1CC2(CCN(c3cnc(C(=O)NS(=O)(=O)c4cc5c(c([N+](=O)[O-])c4)N[C@H](C4CCOCC4)CO5)c(N4c5cc6cc[nH]c6nc5O[C@H]5COCC[C@@H]54)n3)CC2)C1. The summed E-state index contributed by atoms with van der Waals surface area (Å²) < 4.78 is 89.6. The van der Waals surface area contributed by atoms with Crippen molar-refractivity contribution in [3.8, 4) is 17.4 Å². The van der Waals surface area contributed by atoms with E-state index in [1.54, 1.807) is 12.3 Å². The molecule has 24 heteroatoms. The van der Waals surface area contributed by atoms with Gasteiger partial charge in [-0.25, -0.2) is 31.9 Å². The second kappa shape index (κ2) is 21.8. The summed E-state index contributed by atoms with van der Waals surface area (Å²) in [6.45, 7) is 9.94. The van der Waals surface area contributed by atoms with Gasteiger partial charge in [-0.1, -0.05) is 24.3 Å². The zero-order chi connectivity index (χ0) is 56.4. The van der Waals surface area contributed by atoms with Gasteiger partial charge in [-0.2, -0.15) is 4.98 Å². The van der Waals surface area contributed by atoms with Crippen LogP contribution in [0.1, 0.15) is 86.5 Å². The van der Waals surface area contributed by atoms with Gasteiger partial charge in [0.25, 0.3) is 21.6 Å². The van der Waals surface area contributed by atoms with Crippen LogP contribution in [-0.4, -0.2) is 145 Å². The Hall–Kier alpha value is -7.25. The highest BCUT2D eigenvalue weighted by atomic mass is 32.2. The highest BCUT2D eigenvalue weighted by molar-refractivity contribution is 7.90. The molecule has 0 bridgehead atoms. The van der Waals surface area contributed by atoms with Crippen LogP contribution in [0.5, 0.6) is 17.4 Å². The number of rotatable bonds is 13. The van der Waals surface area contributed by atoms with Crippen molar-refractivity contribution in [2.45, 2.75) is 107 Å². The Morgan fingerprint density at radius 1 is 0.951 bits per heavy atom. The number of piperidine rings is 1. The number of pyridine rings is 1. The first kappa shape index (κ1) is 54.0. The van der Waals surface area contributed by atoms with Gasteiger partial charge >= 0.3 is 0 Å². The molecule has 5 fully saturated rings. The molecular weight excluding hydrogens is 1080 g/mol. The van der Waals surface area contributed by atoms with Crippen LogP contribution in [0.25, 0.3) is 11.0 Å². The van der Waals surface area contributed by atoms with Gasteiger partial charge in [0.1, 0.15) is 35.6 Å². The summed E-state index contributed by atoms with van der Waals surface area (Å²) in [5, 5.41) is 16.6. The molecule has 0 unspecified atom stereocenters. The van der Waals surface area contributed by atoms with Gasteiger partial charge in [0.2, 0.25) is 5.88 Å². The number of carbonyl (C=O) groups is 1. The quantitative estimate of drug-likeness (QED) is 0.0733. The molecule has 21 nitrogen and oxygen atoms in total. The van der Waals surface area contributed by atoms with E-state index < -0.39 is 55.2 Å². The molecule has 1 spiro atoms. The number of aromatic nitrogens is 4. The number of nitrogens with one attached hydrogen (secondary N) is 3. The third-order valence-corrected chi connectivity index (χ3v) is 19.0. The molecule has 82 heavy (non-hydrogen) atoms. The Labute approximate surface area is 472 Å². The lowest BCUT2D eigenvalue weighted by Crippen LogP contribution is -2.60. The second-order valence-corrected chi connectivity index (χ2v) is 24.8. The predicted molar refractivity (Wildman–Crippen MR) is 298 cm³/mol. The topological polar surface area (TPSA) is 232 Å². The maximum Gasteiger partial charge on any atom is 0.297 e. The number of anilines is 4. The third-order valence-electron chi connectivity index (χ3n) is 17.7. The van der Waals surface area contributed by atoms with E-state index in [0.29, 0.717) is 75.6 Å². The van der Waals surface area contributed by atoms with E-state index in [4.69, 9.17) is 38.6 Å². The first-order chi connectivity index (χ1) is 39.7. The number of nitro groups is 1. The Kier molecular flexibility index (Phi) is 14.4. The molecule has 1 aliphatic carbocycles. The lowest BCUT2D eigenvalue weighted by molar-refractivity contribution is -0.384. The summed E-state index contributed by atoms with van der Waals surface area (Å²) in [7, 11) is -4.80. The number of para-hydroxylation sites is 1. The maximum absolute atomic E-state index is 14.8. The largest absolute Gasteiger partial charge is 0.491 e. The number of hydrogen-bond donors (Lipinski definition) is 3. The van der Waals surface area contributed by atoms with Crippen molar-refractivity contribution < 1.29 is 50.6 Å². The minimum absolute atomic E-state index is 0.00166. The van der Waals surface area contributed by atoms with Crippen LogP contribution in [0.15, 0.2) is 84.0 Å². The third kappa shape index (κ3) is 10.4. The molecule has 0 radical (unpaired) electrons. The number of sulfonamides is 1. The van der Waals surface area contributed by atoms with Gasteiger partial charge in [-0.3, -0.25) is 24.7 Å². The van der Waals surface area contributed by atoms with Gasteiger partial charge < -0.3 is 43.8 Å². The van der Waals surface area contributed by atoms with Crippen molar-refractivity contribution in [1.29, 1.82) is 0 Å². The van der Waals surface area contributed by atoms with E-state index in [1.807, 2.05) is 49.1 Å². The van der Waals surface area contributed by atoms with Crippen LogP contribution in [-0.2, 0) is 26.0 Å². The lowest BCUT2D eigenvalue weighted by Gasteiger charge is -2.58. The monoisotopic (exact) mass is 1150 g/mol. The van der Waals surface area contributed by atoms with Crippen molar-refractivity contribution in [3.05, 3.63) is 118 Å². The molecule has 4 atom stereocenters. The van der Waals surface area contributed by atoms with E-state index in [9.17, 15) is 32.1 Å². The van der Waals surface area contributed by atoms with Crippen molar-refractivity contribution >= 4 is 55.7 Å². The second-order valence-electron chi connectivity index (χ2n) is 23.1. The van der Waals surface area contributed by atoms with Crippen LogP contribution in [0, 0.1) is 33.1 Å². The smallest absolute Gasteiger partial charge is 0.297 e. The number of carbonyl (C=O) groups excluding carboxylic acids is 1. The minimum atomic E-state index is -4.80. The fourth-order valence-corrected chi connectivity index (χ4v) is 14.4. The number of benzene rings is 3. The molecule has 1 amide bonds. The number of nitro benzene ring substituents is 1. The predicted octanol–water partition coefficient (Wildman–Crippen LogP) is 8.04. The molecule has 6 aliphatic heterocycles. The van der Waals surface area contributed by atoms with E-state index >= 15 is 0 Å².